The Labute approximate surface area is 230 Å². The molecular formula is C28H28F2N4O5S. The smallest absolute Gasteiger partial charge is 0.322 e. The van der Waals surface area contributed by atoms with E-state index in [0.29, 0.717) is 37.3 Å². The number of morpholine rings is 1. The first kappa shape index (κ1) is 27.5. The Morgan fingerprint density at radius 3 is 2.35 bits per heavy atom. The molecule has 1 aliphatic heterocycles. The van der Waals surface area contributed by atoms with Crippen molar-refractivity contribution in [1.29, 1.82) is 0 Å². The SMILES string of the molecule is Cc1ccc(S(=O)(=O)n2cc(C(C)C)c3c(Oc4c(F)cc(NC(=O)N5CCOCC5)cc4F)ccnc32)cc1. The van der Waals surface area contributed by atoms with Gasteiger partial charge in [-0.2, -0.15) is 0 Å². The van der Waals surface area contributed by atoms with Gasteiger partial charge >= 0.3 is 6.03 Å². The third-order valence-corrected chi connectivity index (χ3v) is 8.27. The normalized spacial score (nSPS) is 14.1. The summed E-state index contributed by atoms with van der Waals surface area (Å²) < 4.78 is 69.3. The molecule has 0 saturated carbocycles. The highest BCUT2D eigenvalue weighted by Gasteiger charge is 2.26. The van der Waals surface area contributed by atoms with E-state index in [1.54, 1.807) is 12.1 Å². The lowest BCUT2D eigenvalue weighted by Gasteiger charge is -2.27. The molecule has 0 spiro atoms. The van der Waals surface area contributed by atoms with E-state index in [0.717, 1.165) is 21.7 Å². The van der Waals surface area contributed by atoms with Crippen molar-refractivity contribution in [2.75, 3.05) is 31.6 Å². The first-order valence-electron chi connectivity index (χ1n) is 12.7. The molecule has 1 fully saturated rings. The van der Waals surface area contributed by atoms with Crippen LogP contribution in [0.3, 0.4) is 0 Å². The van der Waals surface area contributed by atoms with Gasteiger partial charge in [-0.1, -0.05) is 31.5 Å². The van der Waals surface area contributed by atoms with Gasteiger partial charge in [-0.15, -0.1) is 0 Å². The van der Waals surface area contributed by atoms with Crippen molar-refractivity contribution >= 4 is 32.8 Å². The molecule has 210 valence electrons. The number of nitrogens with zero attached hydrogens (tertiary/aromatic N) is 3. The van der Waals surface area contributed by atoms with Crippen molar-refractivity contribution in [1.82, 2.24) is 13.9 Å². The van der Waals surface area contributed by atoms with Crippen LogP contribution in [0.2, 0.25) is 0 Å². The molecule has 1 N–H and O–H groups in total. The van der Waals surface area contributed by atoms with Crippen molar-refractivity contribution in [3.63, 3.8) is 0 Å². The number of amides is 2. The fourth-order valence-corrected chi connectivity index (χ4v) is 5.79. The molecule has 5 rings (SSSR count). The molecule has 1 aliphatic rings. The van der Waals surface area contributed by atoms with Crippen LogP contribution < -0.4 is 10.1 Å². The third-order valence-electron chi connectivity index (χ3n) is 6.61. The molecule has 40 heavy (non-hydrogen) atoms. The van der Waals surface area contributed by atoms with E-state index in [1.165, 1.54) is 35.5 Å². The number of aromatic nitrogens is 2. The van der Waals surface area contributed by atoms with Gasteiger partial charge in [0.2, 0.25) is 0 Å². The quantitative estimate of drug-likeness (QED) is 0.322. The summed E-state index contributed by atoms with van der Waals surface area (Å²) in [4.78, 5) is 18.3. The number of hydrogen-bond acceptors (Lipinski definition) is 6. The van der Waals surface area contributed by atoms with Crippen molar-refractivity contribution in [3.05, 3.63) is 77.6 Å². The Hall–Kier alpha value is -4.03. The summed E-state index contributed by atoms with van der Waals surface area (Å²) in [5.74, 6) is -2.91. The molecule has 2 aromatic carbocycles. The Morgan fingerprint density at radius 2 is 1.73 bits per heavy atom. The molecule has 2 aromatic heterocycles. The average Bonchev–Trinajstić information content (AvgIpc) is 3.33. The molecular weight excluding hydrogens is 542 g/mol. The van der Waals surface area contributed by atoms with Crippen molar-refractivity contribution in [2.24, 2.45) is 0 Å². The number of pyridine rings is 1. The Balaban J connectivity index is 1.51. The molecule has 3 heterocycles. The van der Waals surface area contributed by atoms with Gasteiger partial charge in [0.05, 0.1) is 23.5 Å². The number of aryl methyl sites for hydroxylation is 1. The van der Waals surface area contributed by atoms with Crippen LogP contribution in [0.5, 0.6) is 11.5 Å². The van der Waals surface area contributed by atoms with E-state index in [4.69, 9.17) is 9.47 Å². The summed E-state index contributed by atoms with van der Waals surface area (Å²) in [7, 11) is -4.03. The Bertz CT molecular complexity index is 1660. The lowest BCUT2D eigenvalue weighted by molar-refractivity contribution is 0.0564. The fourth-order valence-electron chi connectivity index (χ4n) is 4.46. The number of anilines is 1. The highest BCUT2D eigenvalue weighted by atomic mass is 32.2. The van der Waals surface area contributed by atoms with Crippen molar-refractivity contribution in [3.8, 4) is 11.5 Å². The summed E-state index contributed by atoms with van der Waals surface area (Å²) in [6.45, 7) is 7.09. The Morgan fingerprint density at radius 1 is 1.07 bits per heavy atom. The highest BCUT2D eigenvalue weighted by Crippen LogP contribution is 2.39. The van der Waals surface area contributed by atoms with Crippen molar-refractivity contribution in [2.45, 2.75) is 31.6 Å². The van der Waals surface area contributed by atoms with Crippen LogP contribution >= 0.6 is 0 Å². The van der Waals surface area contributed by atoms with Gasteiger partial charge in [-0.3, -0.25) is 0 Å². The number of fused-ring (bicyclic) bond motifs is 1. The molecule has 4 aromatic rings. The maximum absolute atomic E-state index is 15.1. The Kier molecular flexibility index (Phi) is 7.47. The molecule has 0 bridgehead atoms. The number of carbonyl (C=O) groups is 1. The fraction of sp³-hybridized carbons (Fsp3) is 0.286. The largest absolute Gasteiger partial charge is 0.450 e. The summed E-state index contributed by atoms with van der Waals surface area (Å²) in [6.07, 6.45) is 2.77. The molecule has 2 amide bonds. The summed E-state index contributed by atoms with van der Waals surface area (Å²) >= 11 is 0. The minimum atomic E-state index is -4.03. The van der Waals surface area contributed by atoms with E-state index in [2.05, 4.69) is 10.3 Å². The van der Waals surface area contributed by atoms with Crippen molar-refractivity contribution < 1.29 is 31.5 Å². The van der Waals surface area contributed by atoms with E-state index >= 15 is 8.78 Å². The maximum Gasteiger partial charge on any atom is 0.322 e. The van der Waals surface area contributed by atoms with Gasteiger partial charge in [-0.05, 0) is 36.6 Å². The average molecular weight is 571 g/mol. The topological polar surface area (TPSA) is 103 Å². The van der Waals surface area contributed by atoms with E-state index in [-0.39, 0.29) is 27.9 Å². The molecule has 0 aliphatic carbocycles. The summed E-state index contributed by atoms with van der Waals surface area (Å²) in [5.41, 5.74) is 1.47. The van der Waals surface area contributed by atoms with Crippen LogP contribution in [0.25, 0.3) is 11.0 Å². The zero-order valence-electron chi connectivity index (χ0n) is 22.1. The molecule has 1 saturated heterocycles. The van der Waals surface area contributed by atoms with Gasteiger partial charge in [0.1, 0.15) is 5.75 Å². The van der Waals surface area contributed by atoms with E-state index < -0.39 is 33.4 Å². The lowest BCUT2D eigenvalue weighted by Crippen LogP contribution is -2.43. The van der Waals surface area contributed by atoms with Crippen LogP contribution in [0.1, 0.15) is 30.9 Å². The number of nitrogens with one attached hydrogen (secondary N) is 1. The maximum atomic E-state index is 15.1. The van der Waals surface area contributed by atoms with Crippen LogP contribution in [0, 0.1) is 18.6 Å². The van der Waals surface area contributed by atoms with E-state index in [1.807, 2.05) is 20.8 Å². The van der Waals surface area contributed by atoms with Gasteiger partial charge in [0, 0.05) is 43.3 Å². The molecule has 0 atom stereocenters. The third kappa shape index (κ3) is 5.24. The molecule has 12 heteroatoms. The number of hydrogen-bond donors (Lipinski definition) is 1. The number of carbonyl (C=O) groups excluding carboxylic acids is 1. The second-order valence-corrected chi connectivity index (χ2v) is 11.6. The van der Waals surface area contributed by atoms with Gasteiger partial charge in [0.25, 0.3) is 10.0 Å². The lowest BCUT2D eigenvalue weighted by atomic mass is 10.0. The number of ether oxygens (including phenoxy) is 2. The second-order valence-electron chi connectivity index (χ2n) is 9.76. The van der Waals surface area contributed by atoms with Gasteiger partial charge in [0.15, 0.2) is 23.0 Å². The predicted octanol–water partition coefficient (Wildman–Crippen LogP) is 5.64. The predicted molar refractivity (Wildman–Crippen MR) is 145 cm³/mol. The number of urea groups is 1. The van der Waals surface area contributed by atoms with Gasteiger partial charge in [-0.25, -0.2) is 30.9 Å². The van der Waals surface area contributed by atoms with Gasteiger partial charge < -0.3 is 19.7 Å². The first-order chi connectivity index (χ1) is 19.1. The molecule has 0 radical (unpaired) electrons. The summed E-state index contributed by atoms with van der Waals surface area (Å²) in [6, 6.07) is 9.27. The van der Waals surface area contributed by atoms with Crippen LogP contribution in [-0.2, 0) is 14.8 Å². The standard InChI is InChI=1S/C28H28F2N4O5S/c1-17(2)21-16-34(40(36,37)20-6-4-18(3)5-7-20)27-25(21)24(8-9-31-27)39-26-22(29)14-19(15-23(26)30)32-28(35)33-10-12-38-13-11-33/h4-9,14-17H,10-13H2,1-3H3,(H,32,35). The second kappa shape index (κ2) is 10.9. The van der Waals surface area contributed by atoms with E-state index in [9.17, 15) is 13.2 Å². The zero-order chi connectivity index (χ0) is 28.6. The molecule has 9 nitrogen and oxygen atoms in total. The first-order valence-corrected chi connectivity index (χ1v) is 14.1. The number of rotatable bonds is 6. The molecule has 0 unspecified atom stereocenters. The van der Waals surface area contributed by atoms with Crippen LogP contribution in [0.4, 0.5) is 19.3 Å². The van der Waals surface area contributed by atoms with Crippen LogP contribution in [-0.4, -0.2) is 54.6 Å². The number of benzene rings is 2. The minimum absolute atomic E-state index is 0.0365. The monoisotopic (exact) mass is 570 g/mol. The highest BCUT2D eigenvalue weighted by molar-refractivity contribution is 7.90. The zero-order valence-corrected chi connectivity index (χ0v) is 23.0. The number of halogens is 2. The summed E-state index contributed by atoms with van der Waals surface area (Å²) in [5, 5.41) is 2.81. The van der Waals surface area contributed by atoms with Crippen LogP contribution in [0.15, 0.2) is 59.8 Å². The minimum Gasteiger partial charge on any atom is -0.450 e.